The minimum Gasteiger partial charge on any atom is -0.496 e. The number of pyridine rings is 1. The maximum atomic E-state index is 13.5. The zero-order chi connectivity index (χ0) is 19.3. The first-order valence-electron chi connectivity index (χ1n) is 8.64. The van der Waals surface area contributed by atoms with Crippen LogP contribution in [0.4, 0.5) is 0 Å². The average molecular weight is 374 g/mol. The molecule has 0 aliphatic carbocycles. The Bertz CT molecular complexity index is 1380. The first kappa shape index (κ1) is 16.2. The molecule has 0 fully saturated rings. The molecule has 0 amide bonds. The molecule has 9 nitrogen and oxygen atoms in total. The smallest absolute Gasteiger partial charge is 0.458 e. The van der Waals surface area contributed by atoms with Gasteiger partial charge < -0.3 is 4.74 Å². The van der Waals surface area contributed by atoms with Crippen LogP contribution in [0.3, 0.4) is 0 Å². The fraction of sp³-hybridized carbons (Fsp3) is 0.105. The molecule has 0 saturated heterocycles. The summed E-state index contributed by atoms with van der Waals surface area (Å²) in [7, 11) is 1.60. The van der Waals surface area contributed by atoms with Crippen molar-refractivity contribution in [2.24, 2.45) is 0 Å². The van der Waals surface area contributed by atoms with Crippen molar-refractivity contribution in [3.8, 4) is 22.8 Å². The summed E-state index contributed by atoms with van der Waals surface area (Å²) < 4.78 is 8.78. The lowest BCUT2D eigenvalue weighted by molar-refractivity contribution is -0.567. The molecule has 9 heteroatoms. The number of rotatable bonds is 3. The summed E-state index contributed by atoms with van der Waals surface area (Å²) in [5.41, 5.74) is 1.72. The third-order valence-electron chi connectivity index (χ3n) is 4.60. The second-order valence-corrected chi connectivity index (χ2v) is 6.30. The van der Waals surface area contributed by atoms with E-state index in [0.29, 0.717) is 39.8 Å². The van der Waals surface area contributed by atoms with Gasteiger partial charge in [-0.1, -0.05) is 22.1 Å². The van der Waals surface area contributed by atoms with Gasteiger partial charge in [0.2, 0.25) is 5.82 Å². The van der Waals surface area contributed by atoms with Crippen LogP contribution in [-0.4, -0.2) is 36.9 Å². The van der Waals surface area contributed by atoms with Gasteiger partial charge >= 0.3 is 5.78 Å². The molecular formula is C19H16N7O2+. The molecule has 4 heterocycles. The Morgan fingerprint density at radius 2 is 2.00 bits per heavy atom. The summed E-state index contributed by atoms with van der Waals surface area (Å²) in [6, 6.07) is 11.1. The molecule has 0 saturated carbocycles. The van der Waals surface area contributed by atoms with E-state index in [-0.39, 0.29) is 5.56 Å². The molecule has 138 valence electrons. The van der Waals surface area contributed by atoms with Crippen LogP contribution in [0.25, 0.3) is 33.8 Å². The van der Waals surface area contributed by atoms with Gasteiger partial charge in [0.05, 0.1) is 18.9 Å². The monoisotopic (exact) mass is 374 g/mol. The predicted molar refractivity (Wildman–Crippen MR) is 102 cm³/mol. The van der Waals surface area contributed by atoms with E-state index in [2.05, 4.69) is 25.3 Å². The van der Waals surface area contributed by atoms with Crippen LogP contribution in [0.2, 0.25) is 0 Å². The molecule has 2 N–H and O–H groups in total. The summed E-state index contributed by atoms with van der Waals surface area (Å²) in [5, 5.41) is 10.4. The molecule has 1 aromatic carbocycles. The topological polar surface area (TPSA) is 106 Å². The van der Waals surface area contributed by atoms with Crippen molar-refractivity contribution in [3.63, 3.8) is 0 Å². The Morgan fingerprint density at radius 3 is 2.79 bits per heavy atom. The number of nitrogens with one attached hydrogen (secondary N) is 2. The minimum atomic E-state index is -0.225. The van der Waals surface area contributed by atoms with Gasteiger partial charge in [0.15, 0.2) is 11.2 Å². The summed E-state index contributed by atoms with van der Waals surface area (Å²) in [5.74, 6) is 2.38. The van der Waals surface area contributed by atoms with Gasteiger partial charge in [-0.25, -0.2) is 5.10 Å². The molecule has 5 aromatic rings. The number of hydrogen-bond donors (Lipinski definition) is 2. The lowest BCUT2D eigenvalue weighted by Crippen LogP contribution is -2.31. The van der Waals surface area contributed by atoms with Crippen molar-refractivity contribution in [2.45, 2.75) is 6.92 Å². The van der Waals surface area contributed by atoms with E-state index in [1.54, 1.807) is 36.2 Å². The van der Waals surface area contributed by atoms with E-state index in [4.69, 9.17) is 4.74 Å². The molecule has 0 radical (unpaired) electrons. The molecule has 5 rings (SSSR count). The van der Waals surface area contributed by atoms with Crippen molar-refractivity contribution in [3.05, 3.63) is 65.0 Å². The first-order chi connectivity index (χ1) is 13.7. The average Bonchev–Trinajstić information content (AvgIpc) is 3.35. The number of nitrogens with zero attached hydrogens (tertiary/aromatic N) is 5. The van der Waals surface area contributed by atoms with Gasteiger partial charge in [-0.15, -0.1) is 4.52 Å². The summed E-state index contributed by atoms with van der Waals surface area (Å²) in [4.78, 5) is 22.5. The van der Waals surface area contributed by atoms with E-state index in [1.807, 2.05) is 31.2 Å². The molecule has 0 unspecified atom stereocenters. The maximum Gasteiger partial charge on any atom is 0.458 e. The number of H-pyrrole nitrogens is 2. The van der Waals surface area contributed by atoms with E-state index >= 15 is 0 Å². The van der Waals surface area contributed by atoms with Crippen molar-refractivity contribution in [1.29, 1.82) is 0 Å². The Kier molecular flexibility index (Phi) is 3.48. The van der Waals surface area contributed by atoms with Gasteiger partial charge in [0, 0.05) is 19.2 Å². The second kappa shape index (κ2) is 6.02. The normalized spacial score (nSPS) is 11.4. The number of hydrogen-bond acceptors (Lipinski definition) is 5. The summed E-state index contributed by atoms with van der Waals surface area (Å²) in [6.07, 6.45) is 3.27. The molecule has 0 bridgehead atoms. The van der Waals surface area contributed by atoms with E-state index in [9.17, 15) is 4.79 Å². The highest BCUT2D eigenvalue weighted by Gasteiger charge is 2.26. The van der Waals surface area contributed by atoms with Gasteiger partial charge in [-0.2, -0.15) is 5.10 Å². The highest BCUT2D eigenvalue weighted by atomic mass is 16.5. The maximum absolute atomic E-state index is 13.5. The minimum absolute atomic E-state index is 0.225. The molecule has 0 aliphatic heterocycles. The van der Waals surface area contributed by atoms with Crippen molar-refractivity contribution >= 4 is 16.7 Å². The van der Waals surface area contributed by atoms with Crippen LogP contribution >= 0.6 is 0 Å². The third kappa shape index (κ3) is 2.29. The zero-order valence-corrected chi connectivity index (χ0v) is 15.2. The Labute approximate surface area is 158 Å². The number of methoxy groups -OCH3 is 1. The molecule has 0 spiro atoms. The van der Waals surface area contributed by atoms with Crippen LogP contribution in [-0.2, 0) is 0 Å². The number of fused-ring (bicyclic) bond motifs is 2. The SMILES string of the molecule is COc1ccccc1-c1c2c(=O)n(-c3ccn[nH]3)ccc2nc2nc(C)[nH][n+]12. The Balaban J connectivity index is 1.99. The molecule has 0 atom stereocenters. The summed E-state index contributed by atoms with van der Waals surface area (Å²) >= 11 is 0. The highest BCUT2D eigenvalue weighted by molar-refractivity contribution is 5.92. The van der Waals surface area contributed by atoms with Gasteiger partial charge in [0.25, 0.3) is 5.56 Å². The summed E-state index contributed by atoms with van der Waals surface area (Å²) in [6.45, 7) is 1.84. The van der Waals surface area contributed by atoms with E-state index in [1.165, 1.54) is 4.57 Å². The first-order valence-corrected chi connectivity index (χ1v) is 8.64. The lowest BCUT2D eigenvalue weighted by atomic mass is 10.1. The van der Waals surface area contributed by atoms with Crippen molar-refractivity contribution in [1.82, 2.24) is 29.8 Å². The van der Waals surface area contributed by atoms with E-state index in [0.717, 1.165) is 5.56 Å². The standard InChI is InChI=1S/C19H15N7O2/c1-11-21-19-22-13-8-10-25(15-7-9-20-23-15)18(27)16(13)17(26(19)24-11)12-5-3-4-6-14(12)28-2/h3-10H,1-2H3,(H,20,23)/p+1. The Morgan fingerprint density at radius 1 is 1.14 bits per heavy atom. The number of ether oxygens (including phenoxy) is 1. The number of para-hydroxylation sites is 1. The van der Waals surface area contributed by atoms with Crippen LogP contribution in [0.5, 0.6) is 5.75 Å². The predicted octanol–water partition coefficient (Wildman–Crippen LogP) is 1.55. The zero-order valence-electron chi connectivity index (χ0n) is 15.2. The van der Waals surface area contributed by atoms with Crippen molar-refractivity contribution < 1.29 is 9.25 Å². The van der Waals surface area contributed by atoms with Crippen LogP contribution in [0, 0.1) is 6.92 Å². The van der Waals surface area contributed by atoms with Crippen molar-refractivity contribution in [2.75, 3.05) is 7.11 Å². The molecular weight excluding hydrogens is 358 g/mol. The number of aromatic amines is 2. The lowest BCUT2D eigenvalue weighted by Gasteiger charge is -2.10. The fourth-order valence-corrected chi connectivity index (χ4v) is 3.40. The fourth-order valence-electron chi connectivity index (χ4n) is 3.40. The molecule has 28 heavy (non-hydrogen) atoms. The van der Waals surface area contributed by atoms with Gasteiger partial charge in [-0.3, -0.25) is 14.5 Å². The largest absolute Gasteiger partial charge is 0.496 e. The van der Waals surface area contributed by atoms with Crippen LogP contribution in [0.15, 0.2) is 53.6 Å². The van der Waals surface area contributed by atoms with Crippen LogP contribution < -0.4 is 14.8 Å². The van der Waals surface area contributed by atoms with Gasteiger partial charge in [0.1, 0.15) is 17.0 Å². The molecule has 4 aromatic heterocycles. The number of benzene rings is 1. The second-order valence-electron chi connectivity index (χ2n) is 6.30. The van der Waals surface area contributed by atoms with Gasteiger partial charge in [-0.05, 0) is 18.2 Å². The number of aromatic nitrogens is 7. The number of aryl methyl sites for hydroxylation is 1. The Hall–Kier alpha value is -4.01. The molecule has 0 aliphatic rings. The quantitative estimate of drug-likeness (QED) is 0.466. The van der Waals surface area contributed by atoms with Crippen LogP contribution in [0.1, 0.15) is 5.82 Å². The van der Waals surface area contributed by atoms with E-state index < -0.39 is 0 Å². The third-order valence-corrected chi connectivity index (χ3v) is 4.60. The highest BCUT2D eigenvalue weighted by Crippen LogP contribution is 2.30.